The van der Waals surface area contributed by atoms with Crippen LogP contribution in [0.15, 0.2) is 24.3 Å². The van der Waals surface area contributed by atoms with Gasteiger partial charge in [-0.2, -0.15) is 0 Å². The summed E-state index contributed by atoms with van der Waals surface area (Å²) in [4.78, 5) is 0. The highest BCUT2D eigenvalue weighted by Crippen LogP contribution is 2.40. The van der Waals surface area contributed by atoms with Gasteiger partial charge in [0.15, 0.2) is 17.3 Å². The molecule has 0 saturated carbocycles. The topological polar surface area (TPSA) is 30.5 Å². The summed E-state index contributed by atoms with van der Waals surface area (Å²) in [6.45, 7) is 1.91. The number of ether oxygens (including phenoxy) is 2. The lowest BCUT2D eigenvalue weighted by Gasteiger charge is -2.11. The third kappa shape index (κ3) is 2.61. The second kappa shape index (κ2) is 5.41. The fraction of sp³-hybridized carbons (Fsp3) is 0.200. The monoisotopic (exact) mass is 311 g/mol. The minimum atomic E-state index is -0.634. The zero-order valence-electron chi connectivity index (χ0n) is 11.2. The van der Waals surface area contributed by atoms with Gasteiger partial charge in [-0.15, -0.1) is 0 Å². The van der Waals surface area contributed by atoms with Gasteiger partial charge >= 0.3 is 0 Å². The van der Waals surface area contributed by atoms with Crippen molar-refractivity contribution in [3.05, 3.63) is 52.0 Å². The van der Waals surface area contributed by atoms with Crippen molar-refractivity contribution in [3.8, 4) is 11.5 Å². The molecular weight excluding hydrogens is 300 g/mol. The number of fused-ring (bicyclic) bond motifs is 1. The molecule has 2 aromatic rings. The fourth-order valence-electron chi connectivity index (χ4n) is 2.13. The first kappa shape index (κ1) is 13.9. The highest BCUT2D eigenvalue weighted by molar-refractivity contribution is 6.32. The Labute approximate surface area is 125 Å². The molecule has 0 aliphatic carbocycles. The SMILES string of the molecule is Cc1ccc(F)c(NCc2cc(Cl)c3c(c2)OCO3)c1F. The van der Waals surface area contributed by atoms with E-state index in [4.69, 9.17) is 21.1 Å². The normalized spacial score (nSPS) is 12.6. The summed E-state index contributed by atoms with van der Waals surface area (Å²) < 4.78 is 38.0. The van der Waals surface area contributed by atoms with Gasteiger partial charge in [-0.3, -0.25) is 0 Å². The molecule has 0 amide bonds. The van der Waals surface area contributed by atoms with Gasteiger partial charge in [0.2, 0.25) is 6.79 Å². The predicted molar refractivity (Wildman–Crippen MR) is 76.0 cm³/mol. The molecule has 1 N–H and O–H groups in total. The van der Waals surface area contributed by atoms with Crippen molar-refractivity contribution in [3.63, 3.8) is 0 Å². The minimum Gasteiger partial charge on any atom is -0.454 e. The number of benzene rings is 2. The number of hydrogen-bond donors (Lipinski definition) is 1. The van der Waals surface area contributed by atoms with Gasteiger partial charge in [0.25, 0.3) is 0 Å². The van der Waals surface area contributed by atoms with Gasteiger partial charge in [-0.1, -0.05) is 17.7 Å². The highest BCUT2D eigenvalue weighted by atomic mass is 35.5. The van der Waals surface area contributed by atoms with Crippen molar-refractivity contribution in [2.45, 2.75) is 13.5 Å². The first-order valence-corrected chi connectivity index (χ1v) is 6.70. The molecular formula is C15H12ClF2NO2. The van der Waals surface area contributed by atoms with Crippen molar-refractivity contribution in [2.24, 2.45) is 0 Å². The third-order valence-corrected chi connectivity index (χ3v) is 3.52. The maximum atomic E-state index is 13.9. The molecule has 0 bridgehead atoms. The average molecular weight is 312 g/mol. The Morgan fingerprint density at radius 1 is 1.24 bits per heavy atom. The average Bonchev–Trinajstić information content (AvgIpc) is 2.92. The number of anilines is 1. The minimum absolute atomic E-state index is 0.118. The van der Waals surface area contributed by atoms with E-state index >= 15 is 0 Å². The smallest absolute Gasteiger partial charge is 0.231 e. The lowest BCUT2D eigenvalue weighted by Crippen LogP contribution is -2.05. The van der Waals surface area contributed by atoms with E-state index in [1.54, 1.807) is 19.1 Å². The molecule has 0 unspecified atom stereocenters. The van der Waals surface area contributed by atoms with Crippen molar-refractivity contribution >= 4 is 17.3 Å². The van der Waals surface area contributed by atoms with E-state index < -0.39 is 11.6 Å². The predicted octanol–water partition coefficient (Wildman–Crippen LogP) is 4.27. The van der Waals surface area contributed by atoms with E-state index in [1.165, 1.54) is 12.1 Å². The molecule has 6 heteroatoms. The van der Waals surface area contributed by atoms with Gasteiger partial charge in [0.05, 0.1) is 5.02 Å². The van der Waals surface area contributed by atoms with Crippen LogP contribution >= 0.6 is 11.6 Å². The summed E-state index contributed by atoms with van der Waals surface area (Å²) >= 11 is 6.06. The largest absolute Gasteiger partial charge is 0.454 e. The van der Waals surface area contributed by atoms with Crippen LogP contribution < -0.4 is 14.8 Å². The Morgan fingerprint density at radius 2 is 2.05 bits per heavy atom. The molecule has 0 atom stereocenters. The van der Waals surface area contributed by atoms with E-state index in [9.17, 15) is 8.78 Å². The standard InChI is InChI=1S/C15H12ClF2NO2/c1-8-2-3-11(17)14(13(8)18)19-6-9-4-10(16)15-12(5-9)20-7-21-15/h2-5,19H,6-7H2,1H3. The molecule has 1 aliphatic rings. The Bertz CT molecular complexity index is 707. The zero-order valence-corrected chi connectivity index (χ0v) is 11.9. The number of rotatable bonds is 3. The quantitative estimate of drug-likeness (QED) is 0.918. The van der Waals surface area contributed by atoms with Gasteiger partial charge in [-0.25, -0.2) is 8.78 Å². The molecule has 2 aromatic carbocycles. The second-order valence-electron chi connectivity index (χ2n) is 4.72. The van der Waals surface area contributed by atoms with Crippen LogP contribution in [-0.4, -0.2) is 6.79 Å². The van der Waals surface area contributed by atoms with Crippen LogP contribution in [0.2, 0.25) is 5.02 Å². The third-order valence-electron chi connectivity index (χ3n) is 3.24. The van der Waals surface area contributed by atoms with Gasteiger partial charge in [-0.05, 0) is 36.2 Å². The molecule has 3 nitrogen and oxygen atoms in total. The fourth-order valence-corrected chi connectivity index (χ4v) is 2.42. The number of aryl methyl sites for hydroxylation is 1. The van der Waals surface area contributed by atoms with Crippen molar-refractivity contribution < 1.29 is 18.3 Å². The number of nitrogens with one attached hydrogen (secondary N) is 1. The summed E-state index contributed by atoms with van der Waals surface area (Å²) in [5.74, 6) is -0.204. The summed E-state index contributed by atoms with van der Waals surface area (Å²) in [7, 11) is 0. The highest BCUT2D eigenvalue weighted by Gasteiger charge is 2.18. The molecule has 0 spiro atoms. The van der Waals surface area contributed by atoms with Gasteiger partial charge in [0.1, 0.15) is 11.5 Å². The molecule has 1 heterocycles. The molecule has 1 aliphatic heterocycles. The molecule has 21 heavy (non-hydrogen) atoms. The van der Waals surface area contributed by atoms with E-state index in [0.29, 0.717) is 22.1 Å². The summed E-state index contributed by atoms with van der Waals surface area (Å²) in [5, 5.41) is 3.16. The molecule has 3 rings (SSSR count). The first-order chi connectivity index (χ1) is 10.1. The first-order valence-electron chi connectivity index (χ1n) is 6.33. The van der Waals surface area contributed by atoms with Crippen molar-refractivity contribution in [1.82, 2.24) is 0 Å². The molecule has 0 aromatic heterocycles. The molecule has 110 valence electrons. The van der Waals surface area contributed by atoms with E-state index in [0.717, 1.165) is 5.56 Å². The second-order valence-corrected chi connectivity index (χ2v) is 5.13. The Kier molecular flexibility index (Phi) is 3.59. The lowest BCUT2D eigenvalue weighted by atomic mass is 10.1. The lowest BCUT2D eigenvalue weighted by molar-refractivity contribution is 0.174. The maximum Gasteiger partial charge on any atom is 0.231 e. The van der Waals surface area contributed by atoms with Crippen LogP contribution in [0.3, 0.4) is 0 Å². The summed E-state index contributed by atoms with van der Waals surface area (Å²) in [5.41, 5.74) is 0.968. The summed E-state index contributed by atoms with van der Waals surface area (Å²) in [6, 6.07) is 6.03. The van der Waals surface area contributed by atoms with Gasteiger partial charge < -0.3 is 14.8 Å². The Balaban J connectivity index is 1.83. The van der Waals surface area contributed by atoms with Crippen LogP contribution in [0.1, 0.15) is 11.1 Å². The van der Waals surface area contributed by atoms with Gasteiger partial charge in [0, 0.05) is 6.54 Å². The number of hydrogen-bond acceptors (Lipinski definition) is 3. The van der Waals surface area contributed by atoms with Crippen LogP contribution in [0.4, 0.5) is 14.5 Å². The summed E-state index contributed by atoms with van der Waals surface area (Å²) in [6.07, 6.45) is 0. The van der Waals surface area contributed by atoms with Crippen LogP contribution in [-0.2, 0) is 6.54 Å². The van der Waals surface area contributed by atoms with E-state index in [2.05, 4.69) is 5.32 Å². The van der Waals surface area contributed by atoms with Crippen LogP contribution in [0.25, 0.3) is 0 Å². The Hall–Kier alpha value is -2.01. The Morgan fingerprint density at radius 3 is 2.86 bits per heavy atom. The van der Waals surface area contributed by atoms with E-state index in [-0.39, 0.29) is 19.0 Å². The molecule has 0 saturated heterocycles. The zero-order chi connectivity index (χ0) is 15.0. The van der Waals surface area contributed by atoms with Crippen LogP contribution in [0.5, 0.6) is 11.5 Å². The number of halogens is 3. The molecule has 0 fully saturated rings. The van der Waals surface area contributed by atoms with E-state index in [1.807, 2.05) is 0 Å². The van der Waals surface area contributed by atoms with Crippen molar-refractivity contribution in [1.29, 1.82) is 0 Å². The maximum absolute atomic E-state index is 13.9. The molecule has 0 radical (unpaired) electrons. The van der Waals surface area contributed by atoms with Crippen LogP contribution in [0, 0.1) is 18.6 Å². The van der Waals surface area contributed by atoms with Crippen molar-refractivity contribution in [2.75, 3.05) is 12.1 Å².